The molecule has 1 aromatic carbocycles. The third kappa shape index (κ3) is 5.16. The Morgan fingerprint density at radius 1 is 1.03 bits per heavy atom. The number of benzene rings is 1. The highest BCUT2D eigenvalue weighted by atomic mass is 16.3. The molecular weight excluding hydrogens is 450 g/mol. The fraction of sp³-hybridized carbons (Fsp3) is 0.483. The van der Waals surface area contributed by atoms with E-state index in [1.54, 1.807) is 6.26 Å². The van der Waals surface area contributed by atoms with Gasteiger partial charge in [0.05, 0.1) is 11.4 Å². The first-order valence-corrected chi connectivity index (χ1v) is 13.0. The maximum Gasteiger partial charge on any atom is 0.230 e. The number of carbonyl (C=O) groups excluding carboxylic acids is 1. The van der Waals surface area contributed by atoms with Gasteiger partial charge in [0.2, 0.25) is 5.91 Å². The van der Waals surface area contributed by atoms with E-state index in [-0.39, 0.29) is 17.2 Å². The number of piperidine rings is 1. The molecule has 36 heavy (non-hydrogen) atoms. The van der Waals surface area contributed by atoms with Gasteiger partial charge in [-0.3, -0.25) is 9.78 Å². The van der Waals surface area contributed by atoms with Gasteiger partial charge in [-0.2, -0.15) is 0 Å². The summed E-state index contributed by atoms with van der Waals surface area (Å²) >= 11 is 0. The van der Waals surface area contributed by atoms with Gasteiger partial charge in [-0.15, -0.1) is 0 Å². The molecule has 0 saturated carbocycles. The van der Waals surface area contributed by atoms with Gasteiger partial charge >= 0.3 is 0 Å². The van der Waals surface area contributed by atoms with Crippen LogP contribution in [0.2, 0.25) is 0 Å². The molecule has 1 atom stereocenters. The number of hydrogen-bond acceptors (Lipinski definition) is 6. The molecule has 0 bridgehead atoms. The fourth-order valence-electron chi connectivity index (χ4n) is 5.11. The fourth-order valence-corrected chi connectivity index (χ4v) is 5.11. The average molecular weight is 488 g/mol. The number of rotatable bonds is 5. The monoisotopic (exact) mass is 487 g/mol. The van der Waals surface area contributed by atoms with E-state index >= 15 is 0 Å². The Kier molecular flexibility index (Phi) is 6.84. The third-order valence-corrected chi connectivity index (χ3v) is 7.32. The van der Waals surface area contributed by atoms with Crippen LogP contribution in [0.3, 0.4) is 0 Å². The maximum absolute atomic E-state index is 13.6. The van der Waals surface area contributed by atoms with Crippen molar-refractivity contribution in [3.05, 3.63) is 60.4 Å². The predicted octanol–water partition coefficient (Wildman–Crippen LogP) is 4.77. The summed E-state index contributed by atoms with van der Waals surface area (Å²) in [4.78, 5) is 29.7. The van der Waals surface area contributed by atoms with E-state index in [1.807, 2.05) is 41.4 Å². The number of amides is 1. The van der Waals surface area contributed by atoms with Gasteiger partial charge in [0.1, 0.15) is 12.0 Å². The second-order valence-corrected chi connectivity index (χ2v) is 11.1. The molecule has 0 spiro atoms. The van der Waals surface area contributed by atoms with E-state index < -0.39 is 0 Å². The summed E-state index contributed by atoms with van der Waals surface area (Å²) in [5.41, 5.74) is 4.84. The third-order valence-electron chi connectivity index (χ3n) is 7.32. The first-order chi connectivity index (χ1) is 17.3. The van der Waals surface area contributed by atoms with E-state index in [4.69, 9.17) is 9.40 Å². The molecular formula is C29H37N5O2. The minimum absolute atomic E-state index is 0.0515. The second-order valence-electron chi connectivity index (χ2n) is 11.1. The number of pyridine rings is 1. The highest BCUT2D eigenvalue weighted by molar-refractivity contribution is 5.96. The van der Waals surface area contributed by atoms with Crippen LogP contribution in [0.1, 0.15) is 45.2 Å². The van der Waals surface area contributed by atoms with E-state index in [1.165, 1.54) is 5.69 Å². The zero-order valence-corrected chi connectivity index (χ0v) is 21.9. The van der Waals surface area contributed by atoms with Gasteiger partial charge in [-0.05, 0) is 44.2 Å². The molecule has 5 rings (SSSR count). The molecule has 0 unspecified atom stereocenters. The first kappa shape index (κ1) is 24.5. The van der Waals surface area contributed by atoms with Crippen LogP contribution >= 0.6 is 0 Å². The second kappa shape index (κ2) is 10.1. The van der Waals surface area contributed by atoms with Gasteiger partial charge in [0, 0.05) is 67.9 Å². The van der Waals surface area contributed by atoms with Crippen LogP contribution in [0.25, 0.3) is 11.3 Å². The Labute approximate surface area is 214 Å². The summed E-state index contributed by atoms with van der Waals surface area (Å²) < 4.78 is 5.69. The first-order valence-electron chi connectivity index (χ1n) is 13.0. The van der Waals surface area contributed by atoms with Crippen LogP contribution in [0.5, 0.6) is 0 Å². The quantitative estimate of drug-likeness (QED) is 0.516. The van der Waals surface area contributed by atoms with E-state index in [0.717, 1.165) is 74.1 Å². The number of carbonyl (C=O) groups is 1. The van der Waals surface area contributed by atoms with Crippen molar-refractivity contribution in [2.45, 2.75) is 45.4 Å². The SMILES string of the molecule is CN1CCN(c2cccnc2C[C@@H]2CCCN(c3ccc(-c4coc(C(C)(C)C)n4)cc3)C2=O)CC1. The van der Waals surface area contributed by atoms with Crippen LogP contribution in [-0.4, -0.2) is 60.5 Å². The van der Waals surface area contributed by atoms with Crippen molar-refractivity contribution in [2.24, 2.45) is 5.92 Å². The Hall–Kier alpha value is -3.19. The number of piperazine rings is 1. The molecule has 7 nitrogen and oxygen atoms in total. The van der Waals surface area contributed by atoms with E-state index in [2.05, 4.69) is 48.7 Å². The van der Waals surface area contributed by atoms with Gasteiger partial charge in [-0.25, -0.2) is 4.98 Å². The van der Waals surface area contributed by atoms with Crippen molar-refractivity contribution in [1.29, 1.82) is 0 Å². The molecule has 2 aliphatic rings. The van der Waals surface area contributed by atoms with E-state index in [0.29, 0.717) is 6.42 Å². The number of hydrogen-bond donors (Lipinski definition) is 0. The number of anilines is 2. The van der Waals surface area contributed by atoms with E-state index in [9.17, 15) is 4.79 Å². The lowest BCUT2D eigenvalue weighted by atomic mass is 9.91. The number of likely N-dealkylation sites (N-methyl/N-ethyl adjacent to an activating group) is 1. The number of nitrogens with zero attached hydrogens (tertiary/aromatic N) is 5. The summed E-state index contributed by atoms with van der Waals surface area (Å²) in [7, 11) is 2.16. The summed E-state index contributed by atoms with van der Waals surface area (Å²) in [5.74, 6) is 0.867. The highest BCUT2D eigenvalue weighted by Gasteiger charge is 2.31. The molecule has 1 amide bonds. The maximum atomic E-state index is 13.6. The molecule has 3 aromatic rings. The Bertz CT molecular complexity index is 1190. The minimum Gasteiger partial charge on any atom is -0.448 e. The standard InChI is InChI=1S/C29H37N5O2/c1-29(2,3)28-31-25(20-36-28)21-9-11-23(12-10-21)34-14-6-7-22(27(34)35)19-24-26(8-5-13-30-24)33-17-15-32(4)16-18-33/h5,8-13,20,22H,6-7,14-19H2,1-4H3/t22-/m0/s1. The molecule has 0 N–H and O–H groups in total. The van der Waals surface area contributed by atoms with Crippen molar-refractivity contribution in [3.63, 3.8) is 0 Å². The number of oxazole rings is 1. The zero-order valence-electron chi connectivity index (χ0n) is 21.9. The van der Waals surface area contributed by atoms with Gasteiger partial charge in [0.15, 0.2) is 5.89 Å². The summed E-state index contributed by atoms with van der Waals surface area (Å²) in [5, 5.41) is 0. The van der Waals surface area contributed by atoms with Crippen molar-refractivity contribution in [1.82, 2.24) is 14.9 Å². The Morgan fingerprint density at radius 3 is 2.47 bits per heavy atom. The van der Waals surface area contributed by atoms with Crippen LogP contribution in [0.4, 0.5) is 11.4 Å². The molecule has 2 aliphatic heterocycles. The average Bonchev–Trinajstić information content (AvgIpc) is 3.38. The summed E-state index contributed by atoms with van der Waals surface area (Å²) in [6.45, 7) is 11.1. The van der Waals surface area contributed by atoms with Crippen molar-refractivity contribution < 1.29 is 9.21 Å². The predicted molar refractivity (Wildman–Crippen MR) is 143 cm³/mol. The molecule has 4 heterocycles. The molecule has 7 heteroatoms. The summed E-state index contributed by atoms with van der Waals surface area (Å²) in [6.07, 6.45) is 6.15. The largest absolute Gasteiger partial charge is 0.448 e. The molecule has 2 saturated heterocycles. The smallest absolute Gasteiger partial charge is 0.230 e. The number of aromatic nitrogens is 2. The van der Waals surface area contributed by atoms with Crippen LogP contribution < -0.4 is 9.80 Å². The lowest BCUT2D eigenvalue weighted by Gasteiger charge is -2.36. The molecule has 190 valence electrons. The van der Waals surface area contributed by atoms with Gasteiger partial charge < -0.3 is 19.1 Å². The zero-order chi connectivity index (χ0) is 25.3. The van der Waals surface area contributed by atoms with Crippen LogP contribution in [-0.2, 0) is 16.6 Å². The van der Waals surface area contributed by atoms with Crippen LogP contribution in [0, 0.1) is 5.92 Å². The lowest BCUT2D eigenvalue weighted by Crippen LogP contribution is -2.45. The Balaban J connectivity index is 1.30. The summed E-state index contributed by atoms with van der Waals surface area (Å²) in [6, 6.07) is 12.3. The van der Waals surface area contributed by atoms with Gasteiger partial charge in [-0.1, -0.05) is 32.9 Å². The Morgan fingerprint density at radius 2 is 1.78 bits per heavy atom. The van der Waals surface area contributed by atoms with Crippen molar-refractivity contribution >= 4 is 17.3 Å². The topological polar surface area (TPSA) is 65.7 Å². The molecule has 0 aliphatic carbocycles. The minimum atomic E-state index is -0.134. The molecule has 0 radical (unpaired) electrons. The van der Waals surface area contributed by atoms with Crippen molar-refractivity contribution in [3.8, 4) is 11.3 Å². The van der Waals surface area contributed by atoms with Gasteiger partial charge in [0.25, 0.3) is 0 Å². The van der Waals surface area contributed by atoms with Crippen molar-refractivity contribution in [2.75, 3.05) is 49.6 Å². The molecule has 2 fully saturated rings. The normalized spacial score (nSPS) is 19.7. The lowest BCUT2D eigenvalue weighted by molar-refractivity contribution is -0.123. The molecule has 2 aromatic heterocycles. The van der Waals surface area contributed by atoms with Crippen LogP contribution in [0.15, 0.2) is 53.3 Å². The highest BCUT2D eigenvalue weighted by Crippen LogP contribution is 2.31.